The average Bonchev–Trinajstić information content (AvgIpc) is 2.04. The first-order valence-electron chi connectivity index (χ1n) is 3.55. The van der Waals surface area contributed by atoms with Crippen molar-refractivity contribution in [2.75, 3.05) is 0 Å². The summed E-state index contributed by atoms with van der Waals surface area (Å²) in [6, 6.07) is 3.62. The van der Waals surface area contributed by atoms with Gasteiger partial charge in [-0.1, -0.05) is 13.0 Å². The van der Waals surface area contributed by atoms with Crippen molar-refractivity contribution in [1.82, 2.24) is 4.98 Å². The molecule has 4 heteroatoms. The molecule has 0 fully saturated rings. The number of aromatic nitrogens is 1. The zero-order valence-corrected chi connectivity index (χ0v) is 7.34. The summed E-state index contributed by atoms with van der Waals surface area (Å²) in [5, 5.41) is 0. The number of carbonyl (C=O) groups excluding carboxylic acids is 1. The second kappa shape index (κ2) is 4.07. The Morgan fingerprint density at radius 2 is 2.50 bits per heavy atom. The van der Waals surface area contributed by atoms with Gasteiger partial charge in [0.1, 0.15) is 0 Å². The molecule has 0 amide bonds. The highest BCUT2D eigenvalue weighted by atomic mass is 35.5. The van der Waals surface area contributed by atoms with Crippen molar-refractivity contribution in [2.45, 2.75) is 13.3 Å². The summed E-state index contributed by atoms with van der Waals surface area (Å²) < 4.78 is 4.65. The van der Waals surface area contributed by atoms with Gasteiger partial charge in [-0.05, 0) is 12.5 Å². The summed E-state index contributed by atoms with van der Waals surface area (Å²) in [6.07, 6.45) is 2.31. The summed E-state index contributed by atoms with van der Waals surface area (Å²) in [5.74, 6) is 0.292. The zero-order chi connectivity index (χ0) is 8.97. The van der Waals surface area contributed by atoms with Crippen molar-refractivity contribution in [3.63, 3.8) is 0 Å². The van der Waals surface area contributed by atoms with Crippen LogP contribution >= 0.6 is 11.6 Å². The SMILES string of the molecule is CCc1cccnc1OC(=O)Cl. The molecule has 0 aliphatic carbocycles. The van der Waals surface area contributed by atoms with Gasteiger partial charge in [-0.2, -0.15) is 0 Å². The summed E-state index contributed by atoms with van der Waals surface area (Å²) in [7, 11) is 0. The van der Waals surface area contributed by atoms with Gasteiger partial charge in [0, 0.05) is 23.4 Å². The molecule has 0 aromatic carbocycles. The molecule has 1 heterocycles. The van der Waals surface area contributed by atoms with E-state index >= 15 is 0 Å². The van der Waals surface area contributed by atoms with Crippen molar-refractivity contribution in [1.29, 1.82) is 0 Å². The first-order valence-corrected chi connectivity index (χ1v) is 3.93. The molecule has 1 aromatic heterocycles. The first kappa shape index (κ1) is 9.00. The maximum Gasteiger partial charge on any atom is 0.410 e. The summed E-state index contributed by atoms with van der Waals surface area (Å²) in [4.78, 5) is 14.2. The van der Waals surface area contributed by atoms with Crippen molar-refractivity contribution >= 4 is 17.0 Å². The maximum atomic E-state index is 10.4. The normalized spacial score (nSPS) is 9.50. The average molecular weight is 186 g/mol. The molecule has 0 unspecified atom stereocenters. The van der Waals surface area contributed by atoms with Crippen LogP contribution < -0.4 is 4.74 Å². The van der Waals surface area contributed by atoms with Gasteiger partial charge in [0.25, 0.3) is 0 Å². The van der Waals surface area contributed by atoms with Crippen LogP contribution in [-0.4, -0.2) is 10.4 Å². The van der Waals surface area contributed by atoms with Crippen LogP contribution in [0.5, 0.6) is 5.88 Å². The highest BCUT2D eigenvalue weighted by Crippen LogP contribution is 2.15. The Bertz CT molecular complexity index is 288. The minimum Gasteiger partial charge on any atom is -0.395 e. The van der Waals surface area contributed by atoms with Gasteiger partial charge in [0.05, 0.1) is 0 Å². The minimum atomic E-state index is -0.858. The van der Waals surface area contributed by atoms with Crippen LogP contribution in [-0.2, 0) is 6.42 Å². The Labute approximate surface area is 75.3 Å². The van der Waals surface area contributed by atoms with Gasteiger partial charge in [0.15, 0.2) is 0 Å². The van der Waals surface area contributed by atoms with E-state index in [0.29, 0.717) is 5.88 Å². The molecule has 0 aliphatic rings. The van der Waals surface area contributed by atoms with E-state index in [1.165, 1.54) is 0 Å². The molecular formula is C8H8ClNO2. The van der Waals surface area contributed by atoms with Crippen LogP contribution in [0.2, 0.25) is 0 Å². The molecular weight excluding hydrogens is 178 g/mol. The largest absolute Gasteiger partial charge is 0.410 e. The Morgan fingerprint density at radius 1 is 1.75 bits per heavy atom. The molecule has 0 spiro atoms. The van der Waals surface area contributed by atoms with E-state index in [4.69, 9.17) is 11.6 Å². The van der Waals surface area contributed by atoms with E-state index in [1.54, 1.807) is 12.3 Å². The summed E-state index contributed by atoms with van der Waals surface area (Å²) in [5.41, 5.74) is 0.00917. The first-order chi connectivity index (χ1) is 5.74. The van der Waals surface area contributed by atoms with E-state index in [1.807, 2.05) is 13.0 Å². The molecule has 12 heavy (non-hydrogen) atoms. The summed E-state index contributed by atoms with van der Waals surface area (Å²) in [6.45, 7) is 1.95. The minimum absolute atomic E-state index is 0.292. The smallest absolute Gasteiger partial charge is 0.395 e. The number of nitrogens with zero attached hydrogens (tertiary/aromatic N) is 1. The van der Waals surface area contributed by atoms with E-state index in [0.717, 1.165) is 12.0 Å². The van der Waals surface area contributed by atoms with Gasteiger partial charge in [-0.3, -0.25) is 0 Å². The third kappa shape index (κ3) is 2.20. The lowest BCUT2D eigenvalue weighted by Gasteiger charge is -2.02. The third-order valence-corrected chi connectivity index (χ3v) is 1.48. The lowest BCUT2D eigenvalue weighted by molar-refractivity contribution is 0.223. The van der Waals surface area contributed by atoms with Gasteiger partial charge < -0.3 is 4.74 Å². The molecule has 0 atom stereocenters. The maximum absolute atomic E-state index is 10.4. The monoisotopic (exact) mass is 185 g/mol. The molecule has 64 valence electrons. The van der Waals surface area contributed by atoms with Crippen molar-refractivity contribution in [3.05, 3.63) is 23.9 Å². The lowest BCUT2D eigenvalue weighted by Crippen LogP contribution is -2.01. The Balaban J connectivity index is 2.89. The fourth-order valence-corrected chi connectivity index (χ4v) is 0.934. The Morgan fingerprint density at radius 3 is 3.08 bits per heavy atom. The molecule has 0 saturated heterocycles. The molecule has 0 radical (unpaired) electrons. The van der Waals surface area contributed by atoms with Gasteiger partial charge in [-0.15, -0.1) is 0 Å². The molecule has 1 aromatic rings. The molecule has 0 bridgehead atoms. The predicted octanol–water partition coefficient (Wildman–Crippen LogP) is 2.38. The molecule has 0 saturated carbocycles. The van der Waals surface area contributed by atoms with E-state index in [2.05, 4.69) is 9.72 Å². The number of ether oxygens (including phenoxy) is 1. The quantitative estimate of drug-likeness (QED) is 0.664. The van der Waals surface area contributed by atoms with Crippen LogP contribution in [0.3, 0.4) is 0 Å². The highest BCUT2D eigenvalue weighted by molar-refractivity contribution is 6.61. The number of aryl methyl sites for hydroxylation is 1. The fraction of sp³-hybridized carbons (Fsp3) is 0.250. The van der Waals surface area contributed by atoms with Crippen molar-refractivity contribution in [2.24, 2.45) is 0 Å². The number of halogens is 1. The van der Waals surface area contributed by atoms with Crippen LogP contribution in [0.1, 0.15) is 12.5 Å². The van der Waals surface area contributed by atoms with E-state index < -0.39 is 5.43 Å². The fourth-order valence-electron chi connectivity index (χ4n) is 0.861. The number of pyridine rings is 1. The van der Waals surface area contributed by atoms with Gasteiger partial charge in [0.2, 0.25) is 5.88 Å². The molecule has 0 N–H and O–H groups in total. The van der Waals surface area contributed by atoms with E-state index in [-0.39, 0.29) is 0 Å². The van der Waals surface area contributed by atoms with Gasteiger partial charge >= 0.3 is 5.43 Å². The lowest BCUT2D eigenvalue weighted by atomic mass is 10.2. The van der Waals surface area contributed by atoms with E-state index in [9.17, 15) is 4.79 Å². The number of hydrogen-bond acceptors (Lipinski definition) is 3. The number of hydrogen-bond donors (Lipinski definition) is 0. The molecule has 1 rings (SSSR count). The van der Waals surface area contributed by atoms with Crippen LogP contribution in [0.15, 0.2) is 18.3 Å². The standard InChI is InChI=1S/C8H8ClNO2/c1-2-6-4-3-5-10-7(6)12-8(9)11/h3-5H,2H2,1H3. The molecule has 0 aliphatic heterocycles. The van der Waals surface area contributed by atoms with Gasteiger partial charge in [-0.25, -0.2) is 9.78 Å². The topological polar surface area (TPSA) is 39.2 Å². The van der Waals surface area contributed by atoms with Crippen molar-refractivity contribution in [3.8, 4) is 5.88 Å². The van der Waals surface area contributed by atoms with Crippen LogP contribution in [0.4, 0.5) is 4.79 Å². The molecule has 3 nitrogen and oxygen atoms in total. The number of carbonyl (C=O) groups is 1. The summed E-state index contributed by atoms with van der Waals surface area (Å²) >= 11 is 5.04. The second-order valence-corrected chi connectivity index (χ2v) is 2.47. The zero-order valence-electron chi connectivity index (χ0n) is 6.58. The third-order valence-electron chi connectivity index (χ3n) is 1.41. The number of rotatable bonds is 2. The Hall–Kier alpha value is -1.09. The second-order valence-electron chi connectivity index (χ2n) is 2.16. The highest BCUT2D eigenvalue weighted by Gasteiger charge is 2.05. The predicted molar refractivity (Wildman–Crippen MR) is 45.5 cm³/mol. The van der Waals surface area contributed by atoms with Crippen LogP contribution in [0.25, 0.3) is 0 Å². The Kier molecular flexibility index (Phi) is 3.05. The van der Waals surface area contributed by atoms with Crippen LogP contribution in [0, 0.1) is 0 Å². The van der Waals surface area contributed by atoms with Crippen molar-refractivity contribution < 1.29 is 9.53 Å².